The van der Waals surface area contributed by atoms with E-state index in [2.05, 4.69) is 41.2 Å². The van der Waals surface area contributed by atoms with Crippen molar-refractivity contribution in [2.45, 2.75) is 43.4 Å². The molecule has 0 aliphatic carbocycles. The number of thiol groups is 2. The number of carboxylic acid groups (broad SMARTS) is 1. The van der Waals surface area contributed by atoms with E-state index in [1.54, 1.807) is 30.3 Å². The van der Waals surface area contributed by atoms with Gasteiger partial charge < -0.3 is 32.5 Å². The molecule has 0 saturated carbocycles. The lowest BCUT2D eigenvalue weighted by molar-refractivity contribution is -0.141. The number of amides is 4. The summed E-state index contributed by atoms with van der Waals surface area (Å²) in [5, 5.41) is 16.5. The molecule has 1 aromatic rings. The zero-order valence-corrected chi connectivity index (χ0v) is 19.6. The van der Waals surface area contributed by atoms with Crippen LogP contribution in [0.2, 0.25) is 0 Å². The van der Waals surface area contributed by atoms with Gasteiger partial charge in [0.25, 0.3) is 0 Å². The number of hydrogen-bond acceptors (Lipinski definition) is 8. The van der Waals surface area contributed by atoms with Crippen molar-refractivity contribution >= 4 is 54.9 Å². The van der Waals surface area contributed by atoms with Crippen LogP contribution < -0.4 is 27.4 Å². The van der Waals surface area contributed by atoms with Crippen LogP contribution in [0.5, 0.6) is 0 Å². The summed E-state index contributed by atoms with van der Waals surface area (Å²) in [6.45, 7) is 0. The van der Waals surface area contributed by atoms with Gasteiger partial charge in [-0.2, -0.15) is 25.3 Å². The molecule has 1 rings (SSSR count). The highest BCUT2D eigenvalue weighted by molar-refractivity contribution is 7.80. The zero-order chi connectivity index (χ0) is 25.0. The first-order valence-electron chi connectivity index (χ1n) is 10.0. The first-order chi connectivity index (χ1) is 15.6. The molecular weight excluding hydrogens is 470 g/mol. The summed E-state index contributed by atoms with van der Waals surface area (Å²) in [6, 6.07) is 4.09. The number of benzene rings is 1. The second-order valence-corrected chi connectivity index (χ2v) is 7.92. The Morgan fingerprint density at radius 1 is 0.848 bits per heavy atom. The van der Waals surface area contributed by atoms with E-state index in [9.17, 15) is 29.1 Å². The molecule has 182 valence electrons. The third kappa shape index (κ3) is 10.1. The van der Waals surface area contributed by atoms with Crippen LogP contribution in [0.25, 0.3) is 0 Å². The van der Waals surface area contributed by atoms with E-state index in [4.69, 9.17) is 11.5 Å². The van der Waals surface area contributed by atoms with E-state index in [0.717, 1.165) is 0 Å². The fourth-order valence-electron chi connectivity index (χ4n) is 2.71. The van der Waals surface area contributed by atoms with Crippen LogP contribution >= 0.6 is 25.3 Å². The van der Waals surface area contributed by atoms with Gasteiger partial charge in [0.15, 0.2) is 0 Å². The van der Waals surface area contributed by atoms with Crippen molar-refractivity contribution in [2.24, 2.45) is 11.5 Å². The molecule has 0 aliphatic rings. The third-order valence-electron chi connectivity index (χ3n) is 4.56. The third-order valence-corrected chi connectivity index (χ3v) is 5.32. The van der Waals surface area contributed by atoms with Crippen molar-refractivity contribution in [1.29, 1.82) is 0 Å². The standard InChI is InChI=1S/C20H29N5O6S2/c21-12(9-32)17(27)23-13(6-7-16(22)26)18(28)24-14(8-11-4-2-1-3-5-11)19(29)25-15(10-33)20(30)31/h1-5,12-15,32-33H,6-10,21H2,(H2,22,26)(H,23,27)(H,24,28)(H,25,29)(H,30,31). The van der Waals surface area contributed by atoms with E-state index in [1.165, 1.54) is 0 Å². The second kappa shape index (κ2) is 14.4. The monoisotopic (exact) mass is 499 g/mol. The molecule has 0 radical (unpaired) electrons. The number of hydrogen-bond donors (Lipinski definition) is 8. The van der Waals surface area contributed by atoms with Crippen molar-refractivity contribution in [3.05, 3.63) is 35.9 Å². The van der Waals surface area contributed by atoms with Crippen LogP contribution in [0.3, 0.4) is 0 Å². The van der Waals surface area contributed by atoms with Crippen LogP contribution in [-0.4, -0.2) is 70.4 Å². The summed E-state index contributed by atoms with van der Waals surface area (Å²) >= 11 is 7.86. The van der Waals surface area contributed by atoms with Crippen molar-refractivity contribution < 1.29 is 29.1 Å². The fraction of sp³-hybridized carbons (Fsp3) is 0.450. The molecular formula is C20H29N5O6S2. The van der Waals surface area contributed by atoms with Gasteiger partial charge in [-0.15, -0.1) is 0 Å². The summed E-state index contributed by atoms with van der Waals surface area (Å²) in [5.74, 6) is -4.28. The second-order valence-electron chi connectivity index (χ2n) is 7.19. The molecule has 4 atom stereocenters. The van der Waals surface area contributed by atoms with Crippen molar-refractivity contribution in [3.63, 3.8) is 0 Å². The minimum Gasteiger partial charge on any atom is -0.480 e. The first kappa shape index (κ1) is 28.3. The number of carbonyl (C=O) groups excluding carboxylic acids is 4. The van der Waals surface area contributed by atoms with E-state index in [-0.39, 0.29) is 30.8 Å². The molecule has 4 amide bonds. The molecule has 0 fully saturated rings. The minimum atomic E-state index is -1.28. The van der Waals surface area contributed by atoms with Crippen molar-refractivity contribution in [2.75, 3.05) is 11.5 Å². The Morgan fingerprint density at radius 2 is 1.39 bits per heavy atom. The van der Waals surface area contributed by atoms with Crippen LogP contribution in [0, 0.1) is 0 Å². The molecule has 0 aliphatic heterocycles. The molecule has 0 spiro atoms. The normalized spacial score (nSPS) is 14.3. The maximum absolute atomic E-state index is 12.9. The van der Waals surface area contributed by atoms with E-state index in [0.29, 0.717) is 5.56 Å². The summed E-state index contributed by atoms with van der Waals surface area (Å²) in [4.78, 5) is 60.4. The van der Waals surface area contributed by atoms with Crippen LogP contribution in [0.4, 0.5) is 0 Å². The number of aliphatic carboxylic acids is 1. The highest BCUT2D eigenvalue weighted by atomic mass is 32.1. The minimum absolute atomic E-state index is 0.0231. The number of nitrogens with two attached hydrogens (primary N) is 2. The van der Waals surface area contributed by atoms with Gasteiger partial charge in [0, 0.05) is 24.3 Å². The van der Waals surface area contributed by atoms with E-state index < -0.39 is 53.8 Å². The quantitative estimate of drug-likeness (QED) is 0.139. The maximum Gasteiger partial charge on any atom is 0.327 e. The number of rotatable bonds is 14. The lowest BCUT2D eigenvalue weighted by Gasteiger charge is -2.25. The molecule has 1 aromatic carbocycles. The van der Waals surface area contributed by atoms with E-state index >= 15 is 0 Å². The molecule has 0 bridgehead atoms. The summed E-state index contributed by atoms with van der Waals surface area (Å²) in [6.07, 6.45) is -0.283. The number of nitrogens with one attached hydrogen (secondary N) is 3. The van der Waals surface area contributed by atoms with Gasteiger partial charge in [0.1, 0.15) is 18.1 Å². The molecule has 0 aromatic heterocycles. The highest BCUT2D eigenvalue weighted by Crippen LogP contribution is 2.06. The Bertz CT molecular complexity index is 841. The zero-order valence-electron chi connectivity index (χ0n) is 17.8. The largest absolute Gasteiger partial charge is 0.480 e. The van der Waals surface area contributed by atoms with Gasteiger partial charge in [-0.25, -0.2) is 4.79 Å². The highest BCUT2D eigenvalue weighted by Gasteiger charge is 2.30. The van der Waals surface area contributed by atoms with Gasteiger partial charge in [-0.3, -0.25) is 19.2 Å². The molecule has 8 N–H and O–H groups in total. The average Bonchev–Trinajstić information content (AvgIpc) is 2.78. The smallest absolute Gasteiger partial charge is 0.327 e. The lowest BCUT2D eigenvalue weighted by atomic mass is 10.0. The van der Waals surface area contributed by atoms with E-state index in [1.807, 2.05) is 0 Å². The molecule has 0 heterocycles. The molecule has 4 unspecified atom stereocenters. The Labute approximate surface area is 202 Å². The van der Waals surface area contributed by atoms with Gasteiger partial charge in [0.05, 0.1) is 6.04 Å². The Kier molecular flexibility index (Phi) is 12.3. The van der Waals surface area contributed by atoms with Crippen molar-refractivity contribution in [3.8, 4) is 0 Å². The van der Waals surface area contributed by atoms with Gasteiger partial charge >= 0.3 is 5.97 Å². The predicted molar refractivity (Wildman–Crippen MR) is 128 cm³/mol. The number of carboxylic acids is 1. The summed E-state index contributed by atoms with van der Waals surface area (Å²) < 4.78 is 0. The molecule has 0 saturated heterocycles. The van der Waals surface area contributed by atoms with Crippen molar-refractivity contribution in [1.82, 2.24) is 16.0 Å². The summed E-state index contributed by atoms with van der Waals surface area (Å²) in [7, 11) is 0. The predicted octanol–water partition coefficient (Wildman–Crippen LogP) is -1.78. The van der Waals surface area contributed by atoms with Crippen LogP contribution in [-0.2, 0) is 30.4 Å². The summed E-state index contributed by atoms with van der Waals surface area (Å²) in [5.41, 5.74) is 11.5. The van der Waals surface area contributed by atoms with Gasteiger partial charge in [-0.1, -0.05) is 30.3 Å². The SMILES string of the molecule is NC(=O)CCC(NC(=O)C(N)CS)C(=O)NC(Cc1ccccc1)C(=O)NC(CS)C(=O)O. The number of carbonyl (C=O) groups is 5. The topological polar surface area (TPSA) is 194 Å². The molecule has 11 nitrogen and oxygen atoms in total. The average molecular weight is 500 g/mol. The number of primary amides is 1. The first-order valence-corrected chi connectivity index (χ1v) is 11.3. The molecule has 33 heavy (non-hydrogen) atoms. The Hall–Kier alpha value is -2.77. The van der Waals surface area contributed by atoms with Crippen LogP contribution in [0.15, 0.2) is 30.3 Å². The fourth-order valence-corrected chi connectivity index (χ4v) is 3.12. The lowest BCUT2D eigenvalue weighted by Crippen LogP contribution is -2.58. The van der Waals surface area contributed by atoms with Gasteiger partial charge in [-0.05, 0) is 12.0 Å². The van der Waals surface area contributed by atoms with Crippen LogP contribution in [0.1, 0.15) is 18.4 Å². The van der Waals surface area contributed by atoms with Gasteiger partial charge in [0.2, 0.25) is 23.6 Å². The Morgan fingerprint density at radius 3 is 1.91 bits per heavy atom. The Balaban J connectivity index is 3.08. The molecule has 13 heteroatoms. The maximum atomic E-state index is 12.9.